The molecule has 1 amide bonds. The zero-order valence-electron chi connectivity index (χ0n) is 10.2. The molecule has 0 aromatic carbocycles. The molecule has 2 rings (SSSR count). The van der Waals surface area contributed by atoms with E-state index in [1.807, 2.05) is 10.6 Å². The molecule has 0 unspecified atom stereocenters. The predicted octanol–water partition coefficient (Wildman–Crippen LogP) is 0.0833. The molecule has 3 N–H and O–H groups in total. The Morgan fingerprint density at radius 1 is 1.47 bits per heavy atom. The fraction of sp³-hybridized carbons (Fsp3) is 0.364. The molecule has 8 heteroatoms. The monoisotopic (exact) mass is 327 g/mol. The van der Waals surface area contributed by atoms with Crippen molar-refractivity contribution in [2.75, 3.05) is 19.8 Å². The third kappa shape index (κ3) is 3.98. The van der Waals surface area contributed by atoms with Crippen molar-refractivity contribution >= 4 is 27.5 Å². The second kappa shape index (κ2) is 6.60. The highest BCUT2D eigenvalue weighted by Crippen LogP contribution is 2.10. The third-order valence-corrected chi connectivity index (χ3v) is 2.82. The fourth-order valence-electron chi connectivity index (χ4n) is 1.58. The Kier molecular flexibility index (Phi) is 4.83. The van der Waals surface area contributed by atoms with Crippen molar-refractivity contribution in [1.29, 1.82) is 0 Å². The molecule has 0 radical (unpaired) electrons. The lowest BCUT2D eigenvalue weighted by Crippen LogP contribution is -2.24. The van der Waals surface area contributed by atoms with Crippen molar-refractivity contribution in [2.24, 2.45) is 5.73 Å². The first kappa shape index (κ1) is 13.9. The average Bonchev–Trinajstić information content (AvgIpc) is 2.76. The normalized spacial score (nSPS) is 11.0. The summed E-state index contributed by atoms with van der Waals surface area (Å²) in [4.78, 5) is 18.8. The number of rotatable bonds is 7. The number of nitrogens with two attached hydrogens (primary N) is 1. The van der Waals surface area contributed by atoms with E-state index in [-0.39, 0.29) is 6.61 Å². The maximum atomic E-state index is 10.5. The van der Waals surface area contributed by atoms with Crippen LogP contribution in [-0.2, 0) is 16.1 Å². The maximum absolute atomic E-state index is 10.5. The van der Waals surface area contributed by atoms with Crippen LogP contribution in [0.3, 0.4) is 0 Å². The summed E-state index contributed by atoms with van der Waals surface area (Å²) in [6.45, 7) is 1.67. The average molecular weight is 328 g/mol. The van der Waals surface area contributed by atoms with Crippen LogP contribution in [0.4, 0.5) is 0 Å². The lowest BCUT2D eigenvalue weighted by atomic mass is 10.4. The molecule has 2 heterocycles. The van der Waals surface area contributed by atoms with Crippen LogP contribution in [0.25, 0.3) is 5.65 Å². The van der Waals surface area contributed by atoms with Gasteiger partial charge in [-0.3, -0.25) is 9.20 Å². The van der Waals surface area contributed by atoms with E-state index in [1.54, 1.807) is 12.4 Å². The first-order valence-corrected chi connectivity index (χ1v) is 6.50. The number of carbonyl (C=O) groups is 1. The number of primary amides is 1. The van der Waals surface area contributed by atoms with Gasteiger partial charge in [0, 0.05) is 19.3 Å². The third-order valence-electron chi connectivity index (χ3n) is 2.41. The summed E-state index contributed by atoms with van der Waals surface area (Å²) in [5, 5.41) is 3.20. The maximum Gasteiger partial charge on any atom is 0.243 e. The molecule has 0 saturated carbocycles. The van der Waals surface area contributed by atoms with E-state index < -0.39 is 5.91 Å². The van der Waals surface area contributed by atoms with Gasteiger partial charge < -0.3 is 15.8 Å². The van der Waals surface area contributed by atoms with Gasteiger partial charge in [-0.1, -0.05) is 0 Å². The molecule has 2 aromatic heterocycles. The summed E-state index contributed by atoms with van der Waals surface area (Å²) in [5.41, 5.74) is 6.77. The summed E-state index contributed by atoms with van der Waals surface area (Å²) in [5.74, 6) is -0.459. The molecule has 0 fully saturated rings. The van der Waals surface area contributed by atoms with Gasteiger partial charge in [-0.05, 0) is 15.9 Å². The standard InChI is InChI=1S/C11H14BrN5O2/c12-9-6-17-8(4-16-11(17)5-15-9)3-14-1-2-19-7-10(13)18/h4-6,14H,1-3,7H2,(H2,13,18). The van der Waals surface area contributed by atoms with Crippen molar-refractivity contribution in [2.45, 2.75) is 6.54 Å². The zero-order chi connectivity index (χ0) is 13.7. The van der Waals surface area contributed by atoms with E-state index in [2.05, 4.69) is 31.2 Å². The first-order valence-electron chi connectivity index (χ1n) is 5.71. The van der Waals surface area contributed by atoms with Gasteiger partial charge in [-0.15, -0.1) is 0 Å². The van der Waals surface area contributed by atoms with Crippen LogP contribution in [0.5, 0.6) is 0 Å². The minimum absolute atomic E-state index is 0.0457. The number of halogens is 1. The van der Waals surface area contributed by atoms with Crippen LogP contribution < -0.4 is 11.1 Å². The molecule has 102 valence electrons. The van der Waals surface area contributed by atoms with E-state index in [4.69, 9.17) is 10.5 Å². The highest BCUT2D eigenvalue weighted by Gasteiger charge is 2.03. The molecule has 0 saturated heterocycles. The SMILES string of the molecule is NC(=O)COCCNCc1cnc2cnc(Br)cn12. The Bertz CT molecular complexity index is 571. The minimum atomic E-state index is -0.459. The smallest absolute Gasteiger partial charge is 0.243 e. The van der Waals surface area contributed by atoms with Gasteiger partial charge in [-0.2, -0.15) is 0 Å². The van der Waals surface area contributed by atoms with Gasteiger partial charge in [-0.25, -0.2) is 9.97 Å². The minimum Gasteiger partial charge on any atom is -0.370 e. The molecular formula is C11H14BrN5O2. The van der Waals surface area contributed by atoms with Gasteiger partial charge in [0.25, 0.3) is 0 Å². The lowest BCUT2D eigenvalue weighted by Gasteiger charge is -2.05. The van der Waals surface area contributed by atoms with Crippen LogP contribution in [0.2, 0.25) is 0 Å². The van der Waals surface area contributed by atoms with Crippen molar-refractivity contribution < 1.29 is 9.53 Å². The van der Waals surface area contributed by atoms with E-state index >= 15 is 0 Å². The van der Waals surface area contributed by atoms with Crippen molar-refractivity contribution in [1.82, 2.24) is 19.7 Å². The van der Waals surface area contributed by atoms with Crippen LogP contribution in [-0.4, -0.2) is 40.0 Å². The van der Waals surface area contributed by atoms with Crippen molar-refractivity contribution in [3.05, 3.63) is 28.9 Å². The molecule has 0 bridgehead atoms. The second-order valence-corrected chi connectivity index (χ2v) is 4.70. The topological polar surface area (TPSA) is 94.5 Å². The van der Waals surface area contributed by atoms with Gasteiger partial charge in [0.05, 0.1) is 24.7 Å². The number of imidazole rings is 1. The first-order chi connectivity index (χ1) is 9.16. The van der Waals surface area contributed by atoms with E-state index in [0.717, 1.165) is 15.9 Å². The van der Waals surface area contributed by atoms with Gasteiger partial charge in [0.1, 0.15) is 11.2 Å². The molecule has 0 aliphatic rings. The predicted molar refractivity (Wildman–Crippen MR) is 72.4 cm³/mol. The quantitative estimate of drug-likeness (QED) is 0.702. The summed E-state index contributed by atoms with van der Waals surface area (Å²) in [6.07, 6.45) is 5.35. The Morgan fingerprint density at radius 3 is 3.11 bits per heavy atom. The number of hydrogen-bond donors (Lipinski definition) is 2. The Balaban J connectivity index is 1.81. The van der Waals surface area contributed by atoms with Gasteiger partial charge in [0.2, 0.25) is 5.91 Å². The number of fused-ring (bicyclic) bond motifs is 1. The Hall–Kier alpha value is -1.51. The van der Waals surface area contributed by atoms with Crippen LogP contribution in [0.1, 0.15) is 5.69 Å². The summed E-state index contributed by atoms with van der Waals surface area (Å²) in [6, 6.07) is 0. The molecule has 19 heavy (non-hydrogen) atoms. The molecular weight excluding hydrogens is 314 g/mol. The zero-order valence-corrected chi connectivity index (χ0v) is 11.8. The van der Waals surface area contributed by atoms with Crippen molar-refractivity contribution in [3.63, 3.8) is 0 Å². The van der Waals surface area contributed by atoms with E-state index in [1.165, 1.54) is 0 Å². The number of hydrogen-bond acceptors (Lipinski definition) is 5. The second-order valence-electron chi connectivity index (χ2n) is 3.88. The number of ether oxygens (including phenoxy) is 1. The summed E-state index contributed by atoms with van der Waals surface area (Å²) < 4.78 is 7.75. The fourth-order valence-corrected chi connectivity index (χ4v) is 1.89. The highest BCUT2D eigenvalue weighted by molar-refractivity contribution is 9.10. The number of amides is 1. The molecule has 2 aromatic rings. The number of nitrogens with one attached hydrogen (secondary N) is 1. The van der Waals surface area contributed by atoms with Crippen molar-refractivity contribution in [3.8, 4) is 0 Å². The number of nitrogens with zero attached hydrogens (tertiary/aromatic N) is 3. The summed E-state index contributed by atoms with van der Waals surface area (Å²) in [7, 11) is 0. The van der Waals surface area contributed by atoms with E-state index in [9.17, 15) is 4.79 Å². The van der Waals surface area contributed by atoms with Gasteiger partial charge in [0.15, 0.2) is 5.65 Å². The van der Waals surface area contributed by atoms with E-state index in [0.29, 0.717) is 19.7 Å². The molecule has 0 aliphatic carbocycles. The summed E-state index contributed by atoms with van der Waals surface area (Å²) >= 11 is 3.32. The Labute approximate surface area is 118 Å². The highest BCUT2D eigenvalue weighted by atomic mass is 79.9. The molecule has 0 aliphatic heterocycles. The number of carbonyl (C=O) groups excluding carboxylic acids is 1. The van der Waals surface area contributed by atoms with Gasteiger partial charge >= 0.3 is 0 Å². The molecule has 7 nitrogen and oxygen atoms in total. The van der Waals surface area contributed by atoms with Crippen LogP contribution in [0.15, 0.2) is 23.2 Å². The largest absolute Gasteiger partial charge is 0.370 e. The Morgan fingerprint density at radius 2 is 2.32 bits per heavy atom. The number of aromatic nitrogens is 3. The lowest BCUT2D eigenvalue weighted by molar-refractivity contribution is -0.122. The molecule has 0 atom stereocenters. The van der Waals surface area contributed by atoms with Crippen LogP contribution >= 0.6 is 15.9 Å². The van der Waals surface area contributed by atoms with Crippen LogP contribution in [0, 0.1) is 0 Å². The molecule has 0 spiro atoms.